The second-order valence-electron chi connectivity index (χ2n) is 3.97. The number of halogens is 1. The molecule has 5 N–H and O–H groups in total. The number of aliphatic hydroxyl groups excluding tert-OH is 4. The minimum atomic E-state index is -1.50. The summed E-state index contributed by atoms with van der Waals surface area (Å²) in [6.07, 6.45) is -4.31. The van der Waals surface area contributed by atoms with Gasteiger partial charge < -0.3 is 25.4 Å². The van der Waals surface area contributed by atoms with Crippen molar-refractivity contribution in [2.24, 2.45) is 0 Å². The molecule has 7 heteroatoms. The number of nitrogens with zero attached hydrogens (tertiary/aromatic N) is 1. The molecular formula is C11H13BrN2O4. The lowest BCUT2D eigenvalue weighted by Gasteiger charge is -2.19. The third-order valence-electron chi connectivity index (χ3n) is 2.65. The molecule has 1 heterocycles. The molecule has 2 unspecified atom stereocenters. The Bertz CT molecular complexity index is 545. The fourth-order valence-corrected chi connectivity index (χ4v) is 1.98. The van der Waals surface area contributed by atoms with Crippen LogP contribution in [0.1, 0.15) is 11.9 Å². The van der Waals surface area contributed by atoms with Crippen LogP contribution < -0.4 is 0 Å². The summed E-state index contributed by atoms with van der Waals surface area (Å²) in [6, 6.07) is 5.34. The number of H-pyrrole nitrogens is 1. The number of hydrogen-bond acceptors (Lipinski definition) is 5. The number of aliphatic hydroxyl groups is 4. The maximum atomic E-state index is 9.83. The van der Waals surface area contributed by atoms with Crippen molar-refractivity contribution in [2.75, 3.05) is 6.61 Å². The molecule has 2 rings (SSSR count). The van der Waals surface area contributed by atoms with Gasteiger partial charge in [-0.15, -0.1) is 0 Å². The van der Waals surface area contributed by atoms with Gasteiger partial charge >= 0.3 is 0 Å². The maximum Gasteiger partial charge on any atom is 0.140 e. The van der Waals surface area contributed by atoms with Crippen molar-refractivity contribution in [3.05, 3.63) is 28.5 Å². The van der Waals surface area contributed by atoms with Crippen LogP contribution in [0.2, 0.25) is 0 Å². The lowest BCUT2D eigenvalue weighted by atomic mass is 10.1. The molecule has 2 aromatic rings. The summed E-state index contributed by atoms with van der Waals surface area (Å²) in [5.74, 6) is 0.142. The molecule has 0 aliphatic heterocycles. The number of imidazole rings is 1. The minimum Gasteiger partial charge on any atom is -0.394 e. The highest BCUT2D eigenvalue weighted by atomic mass is 79.9. The Morgan fingerprint density at radius 2 is 2.00 bits per heavy atom. The molecule has 1 aromatic heterocycles. The zero-order chi connectivity index (χ0) is 13.3. The zero-order valence-electron chi connectivity index (χ0n) is 9.29. The average molecular weight is 317 g/mol. The predicted octanol–water partition coefficient (Wildman–Crippen LogP) is 0.0729. The van der Waals surface area contributed by atoms with E-state index < -0.39 is 24.9 Å². The quantitative estimate of drug-likeness (QED) is 0.548. The van der Waals surface area contributed by atoms with Crippen LogP contribution in [0.4, 0.5) is 0 Å². The predicted molar refractivity (Wildman–Crippen MR) is 67.9 cm³/mol. The van der Waals surface area contributed by atoms with Crippen LogP contribution in [-0.2, 0) is 0 Å². The zero-order valence-corrected chi connectivity index (χ0v) is 10.9. The average Bonchev–Trinajstić information content (AvgIpc) is 2.78. The molecule has 0 amide bonds. The molecule has 18 heavy (non-hydrogen) atoms. The van der Waals surface area contributed by atoms with Gasteiger partial charge in [-0.2, -0.15) is 0 Å². The first-order chi connectivity index (χ1) is 8.52. The second kappa shape index (κ2) is 5.33. The lowest BCUT2D eigenvalue weighted by molar-refractivity contribution is -0.0800. The van der Waals surface area contributed by atoms with E-state index in [2.05, 4.69) is 25.9 Å². The van der Waals surface area contributed by atoms with Gasteiger partial charge in [-0.1, -0.05) is 15.9 Å². The molecule has 0 saturated heterocycles. The molecule has 0 aliphatic carbocycles. The van der Waals surface area contributed by atoms with Gasteiger partial charge in [-0.25, -0.2) is 4.98 Å². The summed E-state index contributed by atoms with van der Waals surface area (Å²) in [5, 5.41) is 37.4. The standard InChI is InChI=1S/C11H13BrN2O4/c12-5-1-2-6-7(3-5)14-11(13-6)10(18)9(17)8(16)4-15/h1-3,8-10,15-18H,4H2,(H,13,14)/t8?,9?,10-/m1/s1. The number of rotatable bonds is 4. The summed E-state index contributed by atoms with van der Waals surface area (Å²) >= 11 is 3.31. The van der Waals surface area contributed by atoms with Crippen LogP contribution in [0.15, 0.2) is 22.7 Å². The van der Waals surface area contributed by atoms with E-state index in [9.17, 15) is 15.3 Å². The number of aromatic amines is 1. The van der Waals surface area contributed by atoms with Gasteiger partial charge in [0.1, 0.15) is 24.1 Å². The third-order valence-corrected chi connectivity index (χ3v) is 3.14. The largest absolute Gasteiger partial charge is 0.394 e. The molecule has 3 atom stereocenters. The highest BCUT2D eigenvalue weighted by Gasteiger charge is 2.27. The number of aromatic nitrogens is 2. The van der Waals surface area contributed by atoms with E-state index >= 15 is 0 Å². The maximum absolute atomic E-state index is 9.83. The van der Waals surface area contributed by atoms with Gasteiger partial charge in [0.15, 0.2) is 0 Å². The molecular weight excluding hydrogens is 304 g/mol. The normalized spacial score (nSPS) is 16.7. The summed E-state index contributed by atoms with van der Waals surface area (Å²) in [5.41, 5.74) is 1.34. The van der Waals surface area contributed by atoms with Gasteiger partial charge in [0.25, 0.3) is 0 Å². The molecule has 98 valence electrons. The highest BCUT2D eigenvalue weighted by Crippen LogP contribution is 2.22. The van der Waals surface area contributed by atoms with E-state index in [1.54, 1.807) is 18.2 Å². The molecule has 0 fully saturated rings. The Labute approximate surface area is 111 Å². The fraction of sp³-hybridized carbons (Fsp3) is 0.364. The lowest BCUT2D eigenvalue weighted by Crippen LogP contribution is -2.35. The number of nitrogens with one attached hydrogen (secondary N) is 1. The summed E-state index contributed by atoms with van der Waals surface area (Å²) in [7, 11) is 0. The molecule has 0 bridgehead atoms. The van der Waals surface area contributed by atoms with E-state index in [0.717, 1.165) is 4.47 Å². The van der Waals surface area contributed by atoms with Crippen molar-refractivity contribution in [2.45, 2.75) is 18.3 Å². The van der Waals surface area contributed by atoms with Crippen LogP contribution in [0, 0.1) is 0 Å². The topological polar surface area (TPSA) is 110 Å². The Morgan fingerprint density at radius 1 is 1.28 bits per heavy atom. The van der Waals surface area contributed by atoms with Crippen molar-refractivity contribution in [3.8, 4) is 0 Å². The number of hydrogen-bond donors (Lipinski definition) is 5. The molecule has 0 aliphatic rings. The van der Waals surface area contributed by atoms with E-state index in [4.69, 9.17) is 5.11 Å². The van der Waals surface area contributed by atoms with Crippen molar-refractivity contribution in [1.82, 2.24) is 9.97 Å². The SMILES string of the molecule is OCC(O)C(O)[C@@H](O)c1nc2ccc(Br)cc2[nH]1. The molecule has 1 aromatic carbocycles. The van der Waals surface area contributed by atoms with Crippen LogP contribution in [0.25, 0.3) is 11.0 Å². The monoisotopic (exact) mass is 316 g/mol. The van der Waals surface area contributed by atoms with Gasteiger partial charge in [-0.3, -0.25) is 0 Å². The van der Waals surface area contributed by atoms with Gasteiger partial charge in [0.05, 0.1) is 17.6 Å². The Morgan fingerprint density at radius 3 is 2.67 bits per heavy atom. The van der Waals surface area contributed by atoms with Gasteiger partial charge in [0, 0.05) is 4.47 Å². The first kappa shape index (κ1) is 13.4. The van der Waals surface area contributed by atoms with Crippen LogP contribution >= 0.6 is 15.9 Å². The Balaban J connectivity index is 2.30. The van der Waals surface area contributed by atoms with Crippen molar-refractivity contribution in [3.63, 3.8) is 0 Å². The van der Waals surface area contributed by atoms with Gasteiger partial charge in [0.2, 0.25) is 0 Å². The van der Waals surface area contributed by atoms with Crippen LogP contribution in [-0.4, -0.2) is 49.2 Å². The smallest absolute Gasteiger partial charge is 0.140 e. The van der Waals surface area contributed by atoms with Crippen molar-refractivity contribution >= 4 is 27.0 Å². The highest BCUT2D eigenvalue weighted by molar-refractivity contribution is 9.10. The number of fused-ring (bicyclic) bond motifs is 1. The van der Waals surface area contributed by atoms with Crippen molar-refractivity contribution < 1.29 is 20.4 Å². The molecule has 0 saturated carbocycles. The minimum absolute atomic E-state index is 0.142. The van der Waals surface area contributed by atoms with E-state index in [0.29, 0.717) is 11.0 Å². The van der Waals surface area contributed by atoms with E-state index in [1.807, 2.05) is 0 Å². The number of benzene rings is 1. The van der Waals surface area contributed by atoms with E-state index in [-0.39, 0.29) is 5.82 Å². The second-order valence-corrected chi connectivity index (χ2v) is 4.88. The summed E-state index contributed by atoms with van der Waals surface area (Å²) < 4.78 is 0.857. The summed E-state index contributed by atoms with van der Waals surface area (Å²) in [6.45, 7) is -0.635. The Kier molecular flexibility index (Phi) is 3.98. The summed E-state index contributed by atoms with van der Waals surface area (Å²) in [4.78, 5) is 6.96. The van der Waals surface area contributed by atoms with E-state index in [1.165, 1.54) is 0 Å². The first-order valence-electron chi connectivity index (χ1n) is 5.33. The first-order valence-corrected chi connectivity index (χ1v) is 6.12. The Hall–Kier alpha value is -0.990. The van der Waals surface area contributed by atoms with Crippen molar-refractivity contribution in [1.29, 1.82) is 0 Å². The fourth-order valence-electron chi connectivity index (χ4n) is 1.62. The molecule has 6 nitrogen and oxygen atoms in total. The van der Waals surface area contributed by atoms with Crippen LogP contribution in [0.5, 0.6) is 0 Å². The molecule has 0 radical (unpaired) electrons. The third kappa shape index (κ3) is 2.55. The molecule has 0 spiro atoms. The van der Waals surface area contributed by atoms with Gasteiger partial charge in [-0.05, 0) is 18.2 Å². The van der Waals surface area contributed by atoms with Crippen LogP contribution in [0.3, 0.4) is 0 Å².